The van der Waals surface area contributed by atoms with Crippen LogP contribution in [-0.2, 0) is 28.9 Å². The number of hydrogen-bond acceptors (Lipinski definition) is 7. The number of halogens is 1. The highest BCUT2D eigenvalue weighted by Crippen LogP contribution is 2.22. The number of hydrogen-bond donors (Lipinski definition) is 0. The van der Waals surface area contributed by atoms with E-state index in [2.05, 4.69) is 9.97 Å². The first kappa shape index (κ1) is 24.3. The van der Waals surface area contributed by atoms with E-state index in [-0.39, 0.29) is 24.0 Å². The van der Waals surface area contributed by atoms with Crippen LogP contribution in [-0.4, -0.2) is 43.2 Å². The molecule has 3 rings (SSSR count). The third-order valence-electron chi connectivity index (χ3n) is 4.67. The Bertz CT molecular complexity index is 1090. The normalized spacial score (nSPS) is 11.5. The summed E-state index contributed by atoms with van der Waals surface area (Å²) in [6.45, 7) is 0.402. The highest BCUT2D eigenvalue weighted by Gasteiger charge is 2.24. The Kier molecular flexibility index (Phi) is 8.36. The van der Waals surface area contributed by atoms with Gasteiger partial charge in [-0.3, -0.25) is 0 Å². The molecule has 170 valence electrons. The standard InChI is InChI=1S/C22H24ClN3O4S2/c1-29-19-8-4-16(5-9-19)13-26(14-17-6-10-20(30-2)11-7-17)32(27,28)15-18-12-21(23)25-22(24-18)31-3/h4-12H,13-15H2,1-3H3. The molecule has 3 aromatic rings. The van der Waals surface area contributed by atoms with Gasteiger partial charge in [0.2, 0.25) is 10.0 Å². The van der Waals surface area contributed by atoms with Crippen molar-refractivity contribution in [2.45, 2.75) is 24.0 Å². The third kappa shape index (κ3) is 6.59. The number of rotatable bonds is 10. The quantitative estimate of drug-likeness (QED) is 0.235. The van der Waals surface area contributed by atoms with Crippen LogP contribution < -0.4 is 9.47 Å². The van der Waals surface area contributed by atoms with Crippen LogP contribution in [0.15, 0.2) is 59.8 Å². The molecule has 7 nitrogen and oxygen atoms in total. The Balaban J connectivity index is 1.90. The summed E-state index contributed by atoms with van der Waals surface area (Å²) >= 11 is 7.36. The smallest absolute Gasteiger partial charge is 0.220 e. The van der Waals surface area contributed by atoms with Crippen molar-refractivity contribution in [1.29, 1.82) is 0 Å². The molecule has 0 atom stereocenters. The van der Waals surface area contributed by atoms with Gasteiger partial charge in [-0.1, -0.05) is 47.6 Å². The van der Waals surface area contributed by atoms with Gasteiger partial charge in [0.15, 0.2) is 5.16 Å². The Labute approximate surface area is 197 Å². The van der Waals surface area contributed by atoms with Crippen LogP contribution in [0.1, 0.15) is 16.8 Å². The van der Waals surface area contributed by atoms with Crippen molar-refractivity contribution in [3.8, 4) is 11.5 Å². The summed E-state index contributed by atoms with van der Waals surface area (Å²) in [5.41, 5.74) is 2.03. The summed E-state index contributed by atoms with van der Waals surface area (Å²) in [6, 6.07) is 16.1. The summed E-state index contributed by atoms with van der Waals surface area (Å²) in [4.78, 5) is 8.39. The molecule has 0 aliphatic heterocycles. The van der Waals surface area contributed by atoms with Crippen molar-refractivity contribution in [2.24, 2.45) is 0 Å². The van der Waals surface area contributed by atoms with E-state index in [4.69, 9.17) is 21.1 Å². The van der Waals surface area contributed by atoms with Gasteiger partial charge in [0, 0.05) is 13.1 Å². The van der Waals surface area contributed by atoms with Crippen molar-refractivity contribution in [1.82, 2.24) is 14.3 Å². The van der Waals surface area contributed by atoms with Crippen molar-refractivity contribution in [3.05, 3.63) is 76.6 Å². The summed E-state index contributed by atoms with van der Waals surface area (Å²) in [5, 5.41) is 0.644. The molecule has 0 radical (unpaired) electrons. The molecule has 0 spiro atoms. The number of benzene rings is 2. The monoisotopic (exact) mass is 493 g/mol. The molecule has 10 heteroatoms. The Morgan fingerprint density at radius 1 is 0.906 bits per heavy atom. The first-order valence-electron chi connectivity index (χ1n) is 9.64. The lowest BCUT2D eigenvalue weighted by Crippen LogP contribution is -2.31. The second-order valence-corrected chi connectivity index (χ2v) is 10.0. The Morgan fingerprint density at radius 2 is 1.41 bits per heavy atom. The van der Waals surface area contributed by atoms with E-state index in [1.54, 1.807) is 14.2 Å². The topological polar surface area (TPSA) is 81.6 Å². The van der Waals surface area contributed by atoms with E-state index < -0.39 is 10.0 Å². The molecule has 0 bridgehead atoms. The van der Waals surface area contributed by atoms with Crippen LogP contribution in [0.25, 0.3) is 0 Å². The van der Waals surface area contributed by atoms with Gasteiger partial charge in [-0.25, -0.2) is 18.4 Å². The fraction of sp³-hybridized carbons (Fsp3) is 0.273. The van der Waals surface area contributed by atoms with Crippen LogP contribution in [0.5, 0.6) is 11.5 Å². The molecule has 1 heterocycles. The van der Waals surface area contributed by atoms with Crippen molar-refractivity contribution in [2.75, 3.05) is 20.5 Å². The van der Waals surface area contributed by atoms with E-state index in [0.717, 1.165) is 11.1 Å². The van der Waals surface area contributed by atoms with Crippen LogP contribution in [0.4, 0.5) is 0 Å². The average Bonchev–Trinajstić information content (AvgIpc) is 2.78. The Morgan fingerprint density at radius 3 is 1.84 bits per heavy atom. The molecule has 0 fully saturated rings. The summed E-state index contributed by atoms with van der Waals surface area (Å²) in [7, 11) is -0.555. The molecule has 1 aromatic heterocycles. The molecular formula is C22H24ClN3O4S2. The number of nitrogens with zero attached hydrogens (tertiary/aromatic N) is 3. The number of aromatic nitrogens is 2. The van der Waals surface area contributed by atoms with Gasteiger partial charge in [-0.15, -0.1) is 0 Å². The second-order valence-electron chi connectivity index (χ2n) is 6.89. The second kappa shape index (κ2) is 11.0. The summed E-state index contributed by atoms with van der Waals surface area (Å²) in [6.07, 6.45) is 1.81. The third-order valence-corrected chi connectivity index (χ3v) is 7.12. The minimum Gasteiger partial charge on any atom is -0.497 e. The van der Waals surface area contributed by atoms with Crippen LogP contribution in [0.3, 0.4) is 0 Å². The zero-order valence-electron chi connectivity index (χ0n) is 18.0. The minimum atomic E-state index is -3.73. The zero-order valence-corrected chi connectivity index (χ0v) is 20.4. The van der Waals surface area contributed by atoms with Gasteiger partial charge in [0.1, 0.15) is 22.4 Å². The highest BCUT2D eigenvalue weighted by molar-refractivity contribution is 7.98. The molecule has 0 amide bonds. The first-order chi connectivity index (χ1) is 15.3. The lowest BCUT2D eigenvalue weighted by Gasteiger charge is -2.23. The van der Waals surface area contributed by atoms with E-state index in [1.165, 1.54) is 22.1 Å². The van der Waals surface area contributed by atoms with E-state index in [1.807, 2.05) is 54.8 Å². The maximum absolute atomic E-state index is 13.4. The lowest BCUT2D eigenvalue weighted by atomic mass is 10.2. The minimum absolute atomic E-state index is 0.201. The zero-order chi connectivity index (χ0) is 23.1. The van der Waals surface area contributed by atoms with E-state index >= 15 is 0 Å². The molecule has 0 N–H and O–H groups in total. The molecule has 32 heavy (non-hydrogen) atoms. The highest BCUT2D eigenvalue weighted by atomic mass is 35.5. The predicted molar refractivity (Wildman–Crippen MR) is 127 cm³/mol. The number of sulfonamides is 1. The van der Waals surface area contributed by atoms with Gasteiger partial charge in [-0.2, -0.15) is 4.31 Å². The largest absolute Gasteiger partial charge is 0.497 e. The fourth-order valence-corrected chi connectivity index (χ4v) is 5.06. The van der Waals surface area contributed by atoms with E-state index in [9.17, 15) is 8.42 Å². The fourth-order valence-electron chi connectivity index (χ4n) is 3.01. The number of methoxy groups -OCH3 is 2. The van der Waals surface area contributed by atoms with Gasteiger partial charge < -0.3 is 9.47 Å². The van der Waals surface area contributed by atoms with Crippen molar-refractivity contribution < 1.29 is 17.9 Å². The number of thioether (sulfide) groups is 1. The van der Waals surface area contributed by atoms with Crippen LogP contribution >= 0.6 is 23.4 Å². The molecule has 0 unspecified atom stereocenters. The number of ether oxygens (including phenoxy) is 2. The summed E-state index contributed by atoms with van der Waals surface area (Å²) < 4.78 is 38.7. The Hall–Kier alpha value is -2.33. The van der Waals surface area contributed by atoms with Crippen LogP contribution in [0, 0.1) is 0 Å². The maximum Gasteiger partial charge on any atom is 0.220 e. The molecule has 0 aliphatic carbocycles. The molecule has 2 aromatic carbocycles. The summed E-state index contributed by atoms with van der Waals surface area (Å²) in [5.74, 6) is 1.13. The lowest BCUT2D eigenvalue weighted by molar-refractivity contribution is 0.397. The van der Waals surface area contributed by atoms with Gasteiger partial charge in [0.05, 0.1) is 19.9 Å². The van der Waals surface area contributed by atoms with Crippen LogP contribution in [0.2, 0.25) is 5.15 Å². The van der Waals surface area contributed by atoms with Gasteiger partial charge in [0.25, 0.3) is 0 Å². The van der Waals surface area contributed by atoms with Gasteiger partial charge >= 0.3 is 0 Å². The molecule has 0 saturated carbocycles. The first-order valence-corrected chi connectivity index (χ1v) is 12.9. The predicted octanol–water partition coefficient (Wildman–Crippen LogP) is 4.40. The molecule has 0 saturated heterocycles. The van der Waals surface area contributed by atoms with Crippen molar-refractivity contribution >= 4 is 33.4 Å². The average molecular weight is 494 g/mol. The molecule has 0 aliphatic rings. The van der Waals surface area contributed by atoms with Crippen molar-refractivity contribution in [3.63, 3.8) is 0 Å². The van der Waals surface area contributed by atoms with Gasteiger partial charge in [-0.05, 0) is 47.7 Å². The SMILES string of the molecule is COc1ccc(CN(Cc2ccc(OC)cc2)S(=O)(=O)Cc2cc(Cl)nc(SC)n2)cc1. The van der Waals surface area contributed by atoms with E-state index in [0.29, 0.717) is 22.3 Å². The maximum atomic E-state index is 13.4. The molecular weight excluding hydrogens is 470 g/mol.